The number of hydrogen-bond acceptors (Lipinski definition) is 5. The Balaban J connectivity index is 1.47. The van der Waals surface area contributed by atoms with E-state index in [1.165, 1.54) is 10.4 Å². The molecular formula is C23H18N4OS. The van der Waals surface area contributed by atoms with E-state index >= 15 is 0 Å². The molecule has 29 heavy (non-hydrogen) atoms. The van der Waals surface area contributed by atoms with Gasteiger partial charge >= 0.3 is 0 Å². The molecule has 2 aromatic carbocycles. The fraction of sp³-hybridized carbons (Fsp3) is 0.130. The van der Waals surface area contributed by atoms with E-state index in [0.29, 0.717) is 0 Å². The minimum absolute atomic E-state index is 0.153. The summed E-state index contributed by atoms with van der Waals surface area (Å²) in [7, 11) is 0. The predicted molar refractivity (Wildman–Crippen MR) is 114 cm³/mol. The summed E-state index contributed by atoms with van der Waals surface area (Å²) < 4.78 is 6.48. The van der Waals surface area contributed by atoms with Gasteiger partial charge in [0.15, 0.2) is 0 Å². The third-order valence-electron chi connectivity index (χ3n) is 5.50. The van der Waals surface area contributed by atoms with E-state index in [9.17, 15) is 0 Å². The van der Waals surface area contributed by atoms with E-state index in [4.69, 9.17) is 9.84 Å². The van der Waals surface area contributed by atoms with Gasteiger partial charge in [-0.05, 0) is 17.5 Å². The van der Waals surface area contributed by atoms with Crippen molar-refractivity contribution in [2.24, 2.45) is 5.10 Å². The average molecular weight is 398 g/mol. The van der Waals surface area contributed by atoms with Crippen molar-refractivity contribution >= 4 is 17.0 Å². The maximum Gasteiger partial charge on any atom is 0.217 e. The Bertz CT molecular complexity index is 1180. The van der Waals surface area contributed by atoms with E-state index in [1.807, 2.05) is 36.5 Å². The number of rotatable bonds is 3. The van der Waals surface area contributed by atoms with Gasteiger partial charge in [-0.2, -0.15) is 10.2 Å². The van der Waals surface area contributed by atoms with E-state index in [0.717, 1.165) is 34.7 Å². The number of thiophene rings is 1. The third-order valence-corrected chi connectivity index (χ3v) is 6.42. The topological polar surface area (TPSA) is 53.5 Å². The van der Waals surface area contributed by atoms with Crippen LogP contribution < -0.4 is 4.74 Å². The van der Waals surface area contributed by atoms with Crippen LogP contribution in [0.1, 0.15) is 34.7 Å². The van der Waals surface area contributed by atoms with Gasteiger partial charge in [-0.25, -0.2) is 5.01 Å². The number of aromatic nitrogens is 2. The Kier molecular flexibility index (Phi) is 3.77. The van der Waals surface area contributed by atoms with Crippen LogP contribution in [-0.2, 0) is 0 Å². The van der Waals surface area contributed by atoms with E-state index in [-0.39, 0.29) is 12.3 Å². The third kappa shape index (κ3) is 2.68. The van der Waals surface area contributed by atoms with Gasteiger partial charge in [0.1, 0.15) is 5.75 Å². The Morgan fingerprint density at radius 2 is 1.83 bits per heavy atom. The van der Waals surface area contributed by atoms with Crippen molar-refractivity contribution < 1.29 is 4.74 Å². The van der Waals surface area contributed by atoms with Gasteiger partial charge in [-0.1, -0.05) is 54.6 Å². The minimum atomic E-state index is -0.332. The average Bonchev–Trinajstić information content (AvgIpc) is 3.54. The molecule has 0 bridgehead atoms. The monoisotopic (exact) mass is 398 g/mol. The van der Waals surface area contributed by atoms with Crippen molar-refractivity contribution in [3.63, 3.8) is 0 Å². The van der Waals surface area contributed by atoms with Crippen LogP contribution in [0, 0.1) is 0 Å². The molecule has 0 unspecified atom stereocenters. The molecule has 142 valence electrons. The molecule has 1 N–H and O–H groups in total. The van der Waals surface area contributed by atoms with Crippen LogP contribution in [-0.4, -0.2) is 20.9 Å². The van der Waals surface area contributed by atoms with Gasteiger partial charge in [0.2, 0.25) is 6.23 Å². The van der Waals surface area contributed by atoms with Crippen LogP contribution in [0.15, 0.2) is 83.4 Å². The lowest BCUT2D eigenvalue weighted by Crippen LogP contribution is -2.33. The largest absolute Gasteiger partial charge is 0.464 e. The van der Waals surface area contributed by atoms with Gasteiger partial charge < -0.3 is 4.74 Å². The molecule has 0 fully saturated rings. The number of ether oxygens (including phenoxy) is 1. The molecule has 0 aliphatic carbocycles. The molecule has 2 aliphatic heterocycles. The molecule has 0 saturated carbocycles. The van der Waals surface area contributed by atoms with Gasteiger partial charge in [-0.3, -0.25) is 5.10 Å². The van der Waals surface area contributed by atoms with E-state index in [2.05, 4.69) is 57.0 Å². The van der Waals surface area contributed by atoms with Gasteiger partial charge in [0, 0.05) is 17.5 Å². The number of hydrogen-bond donors (Lipinski definition) is 1. The van der Waals surface area contributed by atoms with E-state index < -0.39 is 0 Å². The van der Waals surface area contributed by atoms with Gasteiger partial charge in [0.25, 0.3) is 0 Å². The molecule has 4 heterocycles. The molecule has 2 aromatic heterocycles. The van der Waals surface area contributed by atoms with Gasteiger partial charge in [-0.15, -0.1) is 11.3 Å². The quantitative estimate of drug-likeness (QED) is 0.504. The highest BCUT2D eigenvalue weighted by atomic mass is 32.1. The number of nitrogens with one attached hydrogen (secondary N) is 1. The Morgan fingerprint density at radius 1 is 0.966 bits per heavy atom. The van der Waals surface area contributed by atoms with Crippen molar-refractivity contribution in [3.05, 3.63) is 94.3 Å². The smallest absolute Gasteiger partial charge is 0.217 e. The summed E-state index contributed by atoms with van der Waals surface area (Å²) in [4.78, 5) is 1.21. The van der Waals surface area contributed by atoms with Crippen LogP contribution in [0.4, 0.5) is 0 Å². The number of H-pyrrole nitrogens is 1. The highest BCUT2D eigenvalue weighted by Crippen LogP contribution is 2.48. The normalized spacial score (nSPS) is 20.0. The van der Waals surface area contributed by atoms with Crippen molar-refractivity contribution in [1.29, 1.82) is 0 Å². The summed E-state index contributed by atoms with van der Waals surface area (Å²) in [5, 5.41) is 16.7. The zero-order chi connectivity index (χ0) is 19.2. The van der Waals surface area contributed by atoms with Crippen LogP contribution in [0.3, 0.4) is 0 Å². The zero-order valence-corrected chi connectivity index (χ0v) is 16.3. The first-order valence-electron chi connectivity index (χ1n) is 9.62. The first-order chi connectivity index (χ1) is 14.4. The molecule has 0 amide bonds. The maximum absolute atomic E-state index is 6.48. The fourth-order valence-electron chi connectivity index (χ4n) is 4.15. The Morgan fingerprint density at radius 3 is 2.69 bits per heavy atom. The molecule has 0 spiro atoms. The number of benzene rings is 2. The van der Waals surface area contributed by atoms with Crippen LogP contribution in [0.2, 0.25) is 0 Å². The molecule has 0 saturated heterocycles. The molecule has 2 atom stereocenters. The lowest BCUT2D eigenvalue weighted by molar-refractivity contribution is -0.0186. The molecular weight excluding hydrogens is 380 g/mol. The summed E-state index contributed by atoms with van der Waals surface area (Å²) in [5.74, 6) is 0.918. The van der Waals surface area contributed by atoms with Crippen molar-refractivity contribution in [2.45, 2.75) is 18.7 Å². The zero-order valence-electron chi connectivity index (χ0n) is 15.5. The number of para-hydroxylation sites is 1. The lowest BCUT2D eigenvalue weighted by Gasteiger charge is -2.38. The van der Waals surface area contributed by atoms with Crippen LogP contribution in [0.25, 0.3) is 11.3 Å². The summed E-state index contributed by atoms with van der Waals surface area (Å²) in [6, 6.07) is 22.9. The predicted octanol–water partition coefficient (Wildman–Crippen LogP) is 5.38. The standard InChI is InChI=1S/C23H18N4OS/c1-2-7-15(8-3-1)22-17(14-24-25-22)23-27-19(16-9-4-5-10-20(16)28-23)13-18(26-27)21-11-6-12-29-21/h1-12,14,19,23H,13H2,(H,24,25)/t19-,23-/m0/s1. The van der Waals surface area contributed by atoms with Gasteiger partial charge in [0.05, 0.1) is 34.1 Å². The summed E-state index contributed by atoms with van der Waals surface area (Å²) in [6.07, 6.45) is 2.40. The highest BCUT2D eigenvalue weighted by molar-refractivity contribution is 7.12. The Hall–Kier alpha value is -3.38. The minimum Gasteiger partial charge on any atom is -0.464 e. The lowest BCUT2D eigenvalue weighted by atomic mass is 9.97. The second-order valence-electron chi connectivity index (χ2n) is 7.20. The number of fused-ring (bicyclic) bond motifs is 3. The molecule has 0 radical (unpaired) electrons. The van der Waals surface area contributed by atoms with Crippen LogP contribution >= 0.6 is 11.3 Å². The van der Waals surface area contributed by atoms with Crippen molar-refractivity contribution in [2.75, 3.05) is 0 Å². The maximum atomic E-state index is 6.48. The summed E-state index contributed by atoms with van der Waals surface area (Å²) >= 11 is 1.73. The molecule has 2 aliphatic rings. The van der Waals surface area contributed by atoms with Crippen molar-refractivity contribution in [1.82, 2.24) is 15.2 Å². The number of nitrogens with zero attached hydrogens (tertiary/aromatic N) is 3. The first-order valence-corrected chi connectivity index (χ1v) is 10.5. The highest BCUT2D eigenvalue weighted by Gasteiger charge is 2.42. The Labute approximate surface area is 172 Å². The molecule has 4 aromatic rings. The molecule has 6 heteroatoms. The fourth-order valence-corrected chi connectivity index (χ4v) is 4.87. The first kappa shape index (κ1) is 16.6. The van der Waals surface area contributed by atoms with E-state index in [1.54, 1.807) is 11.3 Å². The summed E-state index contributed by atoms with van der Waals surface area (Å²) in [6.45, 7) is 0. The van der Waals surface area contributed by atoms with Crippen molar-refractivity contribution in [3.8, 4) is 17.0 Å². The SMILES string of the molecule is c1ccc(-c2[nH]ncc2[C@@H]2Oc3ccccc3[C@@H]3CC(c4cccs4)=NN32)cc1. The second-order valence-corrected chi connectivity index (χ2v) is 8.15. The van der Waals surface area contributed by atoms with Crippen LogP contribution in [0.5, 0.6) is 5.75 Å². The molecule has 5 nitrogen and oxygen atoms in total. The summed E-state index contributed by atoms with van der Waals surface area (Å²) in [5.41, 5.74) is 5.34. The number of hydrazone groups is 1. The molecule has 6 rings (SSSR count). The number of aromatic amines is 1. The second kappa shape index (κ2) is 6.60.